The van der Waals surface area contributed by atoms with Crippen molar-refractivity contribution in [3.8, 4) is 11.3 Å². The second-order valence-electron chi connectivity index (χ2n) is 9.82. The number of aryl methyl sites for hydroxylation is 2. The van der Waals surface area contributed by atoms with Gasteiger partial charge in [0.05, 0.1) is 0 Å². The number of rotatable bonds is 3. The summed E-state index contributed by atoms with van der Waals surface area (Å²) in [5, 5.41) is 0. The topological polar surface area (TPSA) is 3.88 Å². The molecule has 1 nitrogen and oxygen atoms in total. The third-order valence-corrected chi connectivity index (χ3v) is 9.38. The molecule has 0 aliphatic carbocycles. The molecular formula is C23H36GeN+. The fourth-order valence-corrected chi connectivity index (χ4v) is 7.19. The van der Waals surface area contributed by atoms with E-state index in [0.29, 0.717) is 5.92 Å². The number of hydrogen-bond acceptors (Lipinski definition) is 0. The Kier molecular flexibility index (Phi) is 5.59. The number of nitrogens with zero attached hydrogens (tertiary/aromatic N) is 1. The molecular weight excluding hydrogens is 363 g/mol. The molecule has 0 radical (unpaired) electrons. The molecule has 2 rings (SSSR count). The van der Waals surface area contributed by atoms with Crippen molar-refractivity contribution in [1.29, 1.82) is 0 Å². The predicted molar refractivity (Wildman–Crippen MR) is 114 cm³/mol. The van der Waals surface area contributed by atoms with Crippen molar-refractivity contribution in [2.75, 3.05) is 0 Å². The Morgan fingerprint density at radius 1 is 1.00 bits per heavy atom. The fourth-order valence-electron chi connectivity index (χ4n) is 3.40. The van der Waals surface area contributed by atoms with E-state index in [9.17, 15) is 0 Å². The monoisotopic (exact) mass is 400 g/mol. The molecule has 0 amide bonds. The maximum absolute atomic E-state index is 2.49. The molecule has 0 saturated carbocycles. The van der Waals surface area contributed by atoms with Crippen LogP contribution >= 0.6 is 0 Å². The Bertz CT molecular complexity index is 774. The van der Waals surface area contributed by atoms with E-state index >= 15 is 0 Å². The summed E-state index contributed by atoms with van der Waals surface area (Å²) in [6, 6.07) is 9.42. The number of benzene rings is 1. The van der Waals surface area contributed by atoms with E-state index in [4.69, 9.17) is 0 Å². The van der Waals surface area contributed by atoms with Crippen LogP contribution in [-0.4, -0.2) is 13.3 Å². The van der Waals surface area contributed by atoms with Gasteiger partial charge in [-0.05, 0) is 0 Å². The molecule has 0 N–H and O–H groups in total. The minimum atomic E-state index is -1.90. The average Bonchev–Trinajstić information content (AvgIpc) is 2.45. The molecule has 0 aliphatic heterocycles. The van der Waals surface area contributed by atoms with E-state index in [1.165, 1.54) is 22.4 Å². The summed E-state index contributed by atoms with van der Waals surface area (Å²) in [4.78, 5) is 0. The third kappa shape index (κ3) is 4.37. The Morgan fingerprint density at radius 2 is 1.60 bits per heavy atom. The third-order valence-electron chi connectivity index (χ3n) is 5.12. The van der Waals surface area contributed by atoms with Crippen molar-refractivity contribution in [2.24, 2.45) is 7.05 Å². The van der Waals surface area contributed by atoms with Gasteiger partial charge in [-0.2, -0.15) is 0 Å². The van der Waals surface area contributed by atoms with E-state index in [-0.39, 0.29) is 5.41 Å². The van der Waals surface area contributed by atoms with E-state index in [0.717, 1.165) is 0 Å². The zero-order chi connectivity index (χ0) is 19.2. The Hall–Kier alpha value is -1.09. The maximum atomic E-state index is 2.49. The van der Waals surface area contributed by atoms with Crippen LogP contribution in [0.3, 0.4) is 0 Å². The van der Waals surface area contributed by atoms with Gasteiger partial charge < -0.3 is 0 Å². The van der Waals surface area contributed by atoms with Crippen LogP contribution < -0.4 is 8.96 Å². The van der Waals surface area contributed by atoms with Gasteiger partial charge in [-0.25, -0.2) is 0 Å². The first-order chi connectivity index (χ1) is 11.3. The van der Waals surface area contributed by atoms with Crippen molar-refractivity contribution in [2.45, 2.75) is 70.1 Å². The molecule has 25 heavy (non-hydrogen) atoms. The van der Waals surface area contributed by atoms with Crippen LogP contribution in [0.15, 0.2) is 30.5 Å². The van der Waals surface area contributed by atoms with E-state index < -0.39 is 13.3 Å². The molecule has 0 unspecified atom stereocenters. The second-order valence-corrected chi connectivity index (χ2v) is 20.4. The molecule has 0 bridgehead atoms. The van der Waals surface area contributed by atoms with Crippen molar-refractivity contribution >= 4 is 17.7 Å². The standard InChI is InChI=1S/C23H36GeN/c1-16(2)19-14-22(25(10)15-21(19)24(7,8)9)20-13-18(23(4,5)6)12-11-17(20)3/h11-16H,1-10H3/q+1. The summed E-state index contributed by atoms with van der Waals surface area (Å²) in [7, 11) is 2.21. The van der Waals surface area contributed by atoms with Crippen LogP contribution in [0.5, 0.6) is 0 Å². The second kappa shape index (κ2) is 6.91. The zero-order valence-corrected chi connectivity index (χ0v) is 20.0. The summed E-state index contributed by atoms with van der Waals surface area (Å²) >= 11 is -1.90. The van der Waals surface area contributed by atoms with Crippen LogP contribution in [0.1, 0.15) is 57.2 Å². The first kappa shape index (κ1) is 20.2. The summed E-state index contributed by atoms with van der Waals surface area (Å²) in [6.45, 7) is 13.8. The summed E-state index contributed by atoms with van der Waals surface area (Å²) in [6.07, 6.45) is 2.42. The Morgan fingerprint density at radius 3 is 2.08 bits per heavy atom. The van der Waals surface area contributed by atoms with Gasteiger partial charge in [-0.3, -0.25) is 0 Å². The molecule has 0 atom stereocenters. The van der Waals surface area contributed by atoms with Crippen molar-refractivity contribution in [3.05, 3.63) is 47.2 Å². The molecule has 0 fully saturated rings. The van der Waals surface area contributed by atoms with Gasteiger partial charge in [0.15, 0.2) is 0 Å². The Balaban J connectivity index is 2.75. The zero-order valence-electron chi connectivity index (χ0n) is 17.9. The normalized spacial score (nSPS) is 12.8. The SMILES string of the molecule is Cc1ccc(C(C)(C)C)cc1-c1cc(C(C)C)[c]([Ge]([CH3])([CH3])[CH3])c[n+]1C. The van der Waals surface area contributed by atoms with Gasteiger partial charge in [-0.1, -0.05) is 0 Å². The van der Waals surface area contributed by atoms with Gasteiger partial charge in [0.1, 0.15) is 0 Å². The van der Waals surface area contributed by atoms with Gasteiger partial charge in [0, 0.05) is 0 Å². The first-order valence-electron chi connectivity index (χ1n) is 9.48. The molecule has 2 aromatic rings. The summed E-state index contributed by atoms with van der Waals surface area (Å²) < 4.78 is 3.98. The molecule has 0 aliphatic rings. The quantitative estimate of drug-likeness (QED) is 0.477. The Labute approximate surface area is 157 Å². The average molecular weight is 399 g/mol. The molecule has 136 valence electrons. The van der Waals surface area contributed by atoms with Gasteiger partial charge in [-0.15, -0.1) is 0 Å². The van der Waals surface area contributed by atoms with Gasteiger partial charge in [0.25, 0.3) is 0 Å². The van der Waals surface area contributed by atoms with E-state index in [1.807, 2.05) is 0 Å². The van der Waals surface area contributed by atoms with Crippen molar-refractivity contribution in [3.63, 3.8) is 0 Å². The molecule has 1 aromatic heterocycles. The fraction of sp³-hybridized carbons (Fsp3) is 0.522. The number of hydrogen-bond donors (Lipinski definition) is 0. The van der Waals surface area contributed by atoms with Crippen LogP contribution in [0, 0.1) is 6.92 Å². The molecule has 0 spiro atoms. The van der Waals surface area contributed by atoms with E-state index in [2.05, 4.69) is 101 Å². The molecule has 1 heterocycles. The first-order valence-corrected chi connectivity index (χ1v) is 16.8. The van der Waals surface area contributed by atoms with Crippen molar-refractivity contribution < 1.29 is 4.57 Å². The van der Waals surface area contributed by atoms with Gasteiger partial charge in [0.2, 0.25) is 0 Å². The van der Waals surface area contributed by atoms with Crippen LogP contribution in [-0.2, 0) is 12.5 Å². The molecule has 1 aromatic carbocycles. The van der Waals surface area contributed by atoms with Crippen LogP contribution in [0.2, 0.25) is 17.3 Å². The number of aromatic nitrogens is 1. The predicted octanol–water partition coefficient (Wildman–Crippen LogP) is 5.45. The summed E-state index contributed by atoms with van der Waals surface area (Å²) in [5.74, 6) is 8.04. The molecule has 2 heteroatoms. The van der Waals surface area contributed by atoms with Crippen LogP contribution in [0.25, 0.3) is 11.3 Å². The number of pyridine rings is 1. The minimum absolute atomic E-state index is 0.169. The van der Waals surface area contributed by atoms with Gasteiger partial charge >= 0.3 is 158 Å². The molecule has 0 saturated heterocycles. The van der Waals surface area contributed by atoms with Crippen molar-refractivity contribution in [1.82, 2.24) is 0 Å². The van der Waals surface area contributed by atoms with E-state index in [1.54, 1.807) is 9.96 Å². The van der Waals surface area contributed by atoms with Crippen LogP contribution in [0.4, 0.5) is 0 Å². The summed E-state index contributed by atoms with van der Waals surface area (Å²) in [5.41, 5.74) is 7.16.